The summed E-state index contributed by atoms with van der Waals surface area (Å²) in [6.45, 7) is 7.07. The van der Waals surface area contributed by atoms with Gasteiger partial charge in [0.1, 0.15) is 10.6 Å². The number of rotatable bonds is 3. The summed E-state index contributed by atoms with van der Waals surface area (Å²) in [6, 6.07) is 3.17. The van der Waals surface area contributed by atoms with E-state index in [1.54, 1.807) is 10.4 Å². The number of methoxy groups -OCH3 is 1. The number of sulfonamides is 1. The van der Waals surface area contributed by atoms with Crippen LogP contribution in [0.15, 0.2) is 17.0 Å². The second kappa shape index (κ2) is 6.15. The summed E-state index contributed by atoms with van der Waals surface area (Å²) in [5, 5.41) is 0.437. The molecule has 0 N–H and O–H groups in total. The van der Waals surface area contributed by atoms with E-state index in [1.165, 1.54) is 13.2 Å². The molecule has 1 fully saturated rings. The summed E-state index contributed by atoms with van der Waals surface area (Å²) < 4.78 is 32.6. The Labute approximate surface area is 132 Å². The Bertz CT molecular complexity index is 620. The summed E-state index contributed by atoms with van der Waals surface area (Å²) >= 11 is 6.11. The summed E-state index contributed by atoms with van der Waals surface area (Å²) in [7, 11) is -2.11. The lowest BCUT2D eigenvalue weighted by atomic mass is 9.94. The van der Waals surface area contributed by atoms with Crippen molar-refractivity contribution in [1.29, 1.82) is 0 Å². The second-order valence-corrected chi connectivity index (χ2v) is 8.33. The van der Waals surface area contributed by atoms with E-state index < -0.39 is 10.0 Å². The standard InChI is InChI=1S/C15H22ClNO3S/c1-10-5-11(2)9-17(8-10)21(18,19)15-7-13(16)12(3)6-14(15)20-4/h6-7,10-11H,5,8-9H2,1-4H3/t10-,11-/m1/s1. The Kier molecular flexibility index (Phi) is 4.85. The number of nitrogens with zero attached hydrogens (tertiary/aromatic N) is 1. The molecule has 1 aromatic rings. The van der Waals surface area contributed by atoms with Crippen LogP contribution in [0.3, 0.4) is 0 Å². The molecule has 1 saturated heterocycles. The Morgan fingerprint density at radius 2 is 1.81 bits per heavy atom. The maximum absolute atomic E-state index is 12.9. The minimum absolute atomic E-state index is 0.155. The van der Waals surface area contributed by atoms with Gasteiger partial charge in [-0.3, -0.25) is 0 Å². The first-order valence-electron chi connectivity index (χ1n) is 7.10. The van der Waals surface area contributed by atoms with Crippen molar-refractivity contribution in [2.45, 2.75) is 32.1 Å². The number of hydrogen-bond donors (Lipinski definition) is 0. The van der Waals surface area contributed by atoms with Gasteiger partial charge in [0.15, 0.2) is 0 Å². The Hall–Kier alpha value is -0.780. The maximum atomic E-state index is 12.9. The van der Waals surface area contributed by atoms with Gasteiger partial charge in [-0.1, -0.05) is 25.4 Å². The van der Waals surface area contributed by atoms with E-state index in [0.717, 1.165) is 12.0 Å². The SMILES string of the molecule is COc1cc(C)c(Cl)cc1S(=O)(=O)N1C[C@H](C)C[C@@H](C)C1. The van der Waals surface area contributed by atoms with Gasteiger partial charge >= 0.3 is 0 Å². The molecule has 2 rings (SSSR count). The van der Waals surface area contributed by atoms with E-state index in [-0.39, 0.29) is 4.90 Å². The molecule has 4 nitrogen and oxygen atoms in total. The molecule has 0 unspecified atom stereocenters. The van der Waals surface area contributed by atoms with E-state index in [4.69, 9.17) is 16.3 Å². The molecule has 1 aliphatic rings. The zero-order chi connectivity index (χ0) is 15.8. The lowest BCUT2D eigenvalue weighted by Crippen LogP contribution is -2.42. The molecule has 1 aliphatic heterocycles. The summed E-state index contributed by atoms with van der Waals surface area (Å²) in [5.74, 6) is 1.06. The molecular weight excluding hydrogens is 310 g/mol. The Balaban J connectivity index is 2.46. The molecule has 0 aliphatic carbocycles. The molecular formula is C15H22ClNO3S. The highest BCUT2D eigenvalue weighted by atomic mass is 35.5. The van der Waals surface area contributed by atoms with Crippen LogP contribution in [0.2, 0.25) is 5.02 Å². The van der Waals surface area contributed by atoms with Gasteiger partial charge < -0.3 is 4.74 Å². The third kappa shape index (κ3) is 3.35. The van der Waals surface area contributed by atoms with Gasteiger partial charge in [-0.15, -0.1) is 0 Å². The molecule has 118 valence electrons. The minimum Gasteiger partial charge on any atom is -0.495 e. The van der Waals surface area contributed by atoms with Crippen LogP contribution in [0.4, 0.5) is 0 Å². The summed E-state index contributed by atoms with van der Waals surface area (Å²) in [4.78, 5) is 0.155. The molecule has 0 aromatic heterocycles. The first-order chi connectivity index (χ1) is 9.75. The van der Waals surface area contributed by atoms with Gasteiger partial charge in [-0.05, 0) is 42.9 Å². The normalized spacial score (nSPS) is 24.0. The fourth-order valence-corrected chi connectivity index (χ4v) is 5.01. The van der Waals surface area contributed by atoms with Crippen LogP contribution in [0.25, 0.3) is 0 Å². The van der Waals surface area contributed by atoms with Gasteiger partial charge in [0, 0.05) is 18.1 Å². The third-order valence-corrected chi connectivity index (χ3v) is 6.16. The van der Waals surface area contributed by atoms with Crippen LogP contribution >= 0.6 is 11.6 Å². The molecule has 0 spiro atoms. The lowest BCUT2D eigenvalue weighted by molar-refractivity contribution is 0.222. The first kappa shape index (κ1) is 16.6. The predicted molar refractivity (Wildman–Crippen MR) is 84.4 cm³/mol. The van der Waals surface area contributed by atoms with Crippen molar-refractivity contribution in [3.05, 3.63) is 22.7 Å². The molecule has 1 heterocycles. The van der Waals surface area contributed by atoms with Crippen LogP contribution in [0.5, 0.6) is 5.75 Å². The van der Waals surface area contributed by atoms with Crippen molar-refractivity contribution < 1.29 is 13.2 Å². The Morgan fingerprint density at radius 1 is 1.24 bits per heavy atom. The highest BCUT2D eigenvalue weighted by Crippen LogP contribution is 2.34. The summed E-state index contributed by atoms with van der Waals surface area (Å²) in [5.41, 5.74) is 0.799. The molecule has 0 radical (unpaired) electrons. The van der Waals surface area contributed by atoms with Crippen LogP contribution in [-0.4, -0.2) is 32.9 Å². The Morgan fingerprint density at radius 3 is 2.33 bits per heavy atom. The number of halogens is 1. The highest BCUT2D eigenvalue weighted by molar-refractivity contribution is 7.89. The average Bonchev–Trinajstić information content (AvgIpc) is 2.40. The van der Waals surface area contributed by atoms with Crippen molar-refractivity contribution in [3.8, 4) is 5.75 Å². The van der Waals surface area contributed by atoms with Crippen LogP contribution in [0.1, 0.15) is 25.8 Å². The van der Waals surface area contributed by atoms with Gasteiger partial charge in [0.25, 0.3) is 0 Å². The van der Waals surface area contributed by atoms with Crippen molar-refractivity contribution in [3.63, 3.8) is 0 Å². The quantitative estimate of drug-likeness (QED) is 0.853. The fourth-order valence-electron chi connectivity index (χ4n) is 2.94. The maximum Gasteiger partial charge on any atom is 0.246 e. The highest BCUT2D eigenvalue weighted by Gasteiger charge is 2.33. The molecule has 21 heavy (non-hydrogen) atoms. The predicted octanol–water partition coefficient (Wildman–Crippen LogP) is 3.32. The zero-order valence-corrected chi connectivity index (χ0v) is 14.5. The number of benzene rings is 1. The van der Waals surface area contributed by atoms with Gasteiger partial charge in [-0.2, -0.15) is 4.31 Å². The number of hydrogen-bond acceptors (Lipinski definition) is 3. The molecule has 0 amide bonds. The van der Waals surface area contributed by atoms with Gasteiger partial charge in [0.05, 0.1) is 7.11 Å². The minimum atomic E-state index is -3.59. The molecule has 0 saturated carbocycles. The smallest absolute Gasteiger partial charge is 0.246 e. The van der Waals surface area contributed by atoms with E-state index in [9.17, 15) is 8.42 Å². The number of piperidine rings is 1. The van der Waals surface area contributed by atoms with Crippen LogP contribution in [-0.2, 0) is 10.0 Å². The van der Waals surface area contributed by atoms with Crippen molar-refractivity contribution in [2.24, 2.45) is 11.8 Å². The van der Waals surface area contributed by atoms with Gasteiger partial charge in [0.2, 0.25) is 10.0 Å². The molecule has 6 heteroatoms. The second-order valence-electron chi connectivity index (χ2n) is 6.02. The molecule has 1 aromatic carbocycles. The monoisotopic (exact) mass is 331 g/mol. The van der Waals surface area contributed by atoms with Crippen molar-refractivity contribution in [2.75, 3.05) is 20.2 Å². The van der Waals surface area contributed by atoms with Crippen molar-refractivity contribution in [1.82, 2.24) is 4.31 Å². The lowest BCUT2D eigenvalue weighted by Gasteiger charge is -2.34. The van der Waals surface area contributed by atoms with E-state index in [0.29, 0.717) is 35.7 Å². The van der Waals surface area contributed by atoms with Gasteiger partial charge in [-0.25, -0.2) is 8.42 Å². The number of ether oxygens (including phenoxy) is 1. The van der Waals surface area contributed by atoms with E-state index in [1.807, 2.05) is 6.92 Å². The summed E-state index contributed by atoms with van der Waals surface area (Å²) in [6.07, 6.45) is 1.05. The molecule has 0 bridgehead atoms. The first-order valence-corrected chi connectivity index (χ1v) is 8.91. The van der Waals surface area contributed by atoms with Crippen LogP contribution in [0, 0.1) is 18.8 Å². The van der Waals surface area contributed by atoms with Crippen LogP contribution < -0.4 is 4.74 Å². The third-order valence-electron chi connectivity index (χ3n) is 3.90. The number of aryl methyl sites for hydroxylation is 1. The zero-order valence-electron chi connectivity index (χ0n) is 12.9. The topological polar surface area (TPSA) is 46.6 Å². The van der Waals surface area contributed by atoms with Crippen molar-refractivity contribution >= 4 is 21.6 Å². The fraction of sp³-hybridized carbons (Fsp3) is 0.600. The molecule has 2 atom stereocenters. The van der Waals surface area contributed by atoms with E-state index >= 15 is 0 Å². The average molecular weight is 332 g/mol. The largest absolute Gasteiger partial charge is 0.495 e. The van der Waals surface area contributed by atoms with E-state index in [2.05, 4.69) is 13.8 Å².